The van der Waals surface area contributed by atoms with Crippen LogP contribution >= 0.6 is 11.8 Å². The van der Waals surface area contributed by atoms with Crippen molar-refractivity contribution in [2.45, 2.75) is 17.5 Å². The summed E-state index contributed by atoms with van der Waals surface area (Å²) in [4.78, 5) is 23.9. The second-order valence-corrected chi connectivity index (χ2v) is 8.49. The van der Waals surface area contributed by atoms with Crippen LogP contribution in [-0.4, -0.2) is 31.2 Å². The molecule has 0 spiro atoms. The number of thioether (sulfide) groups is 1. The van der Waals surface area contributed by atoms with Crippen LogP contribution in [0.2, 0.25) is 0 Å². The number of hydrogen-bond acceptors (Lipinski definition) is 7. The average molecular weight is 474 g/mol. The molecule has 9 nitrogen and oxygen atoms in total. The first-order valence-electron chi connectivity index (χ1n) is 10.4. The number of hydrogen-bond donors (Lipinski definition) is 0. The van der Waals surface area contributed by atoms with Gasteiger partial charge in [0.25, 0.3) is 11.2 Å². The molecule has 5 aromatic rings. The Balaban J connectivity index is 1.58. The van der Waals surface area contributed by atoms with Crippen LogP contribution in [0.25, 0.3) is 16.7 Å². The molecule has 2 heterocycles. The molecule has 3 aromatic carbocycles. The van der Waals surface area contributed by atoms with Crippen molar-refractivity contribution >= 4 is 34.1 Å². The maximum atomic E-state index is 13.4. The smallest absolute Gasteiger partial charge is 0.269 e. The van der Waals surface area contributed by atoms with Crippen LogP contribution in [0.1, 0.15) is 11.1 Å². The van der Waals surface area contributed by atoms with Gasteiger partial charge in [-0.2, -0.15) is 0 Å². The van der Waals surface area contributed by atoms with E-state index in [1.165, 1.54) is 23.9 Å². The molecule has 5 rings (SSSR count). The molecule has 0 aliphatic rings. The topological polar surface area (TPSA) is 105 Å². The minimum Gasteiger partial charge on any atom is -0.496 e. The lowest BCUT2D eigenvalue weighted by Gasteiger charge is -2.13. The Morgan fingerprint density at radius 2 is 1.74 bits per heavy atom. The number of nitro benzene ring substituents is 1. The van der Waals surface area contributed by atoms with Gasteiger partial charge in [0, 0.05) is 23.4 Å². The standard InChI is InChI=1S/C24H19N5O4S/c1-33-21-9-5-2-6-17(21)14-27-22(30)19-7-3-4-8-20(19)28-23(27)25-26-24(28)34-15-16-10-12-18(13-11-16)29(31)32/h2-13H,14-15H2,1H3. The first-order valence-corrected chi connectivity index (χ1v) is 11.4. The van der Waals surface area contributed by atoms with Gasteiger partial charge in [-0.3, -0.25) is 23.9 Å². The monoisotopic (exact) mass is 473 g/mol. The highest BCUT2D eigenvalue weighted by Crippen LogP contribution is 2.26. The zero-order valence-corrected chi connectivity index (χ0v) is 18.9. The Bertz CT molecular complexity index is 1580. The number of fused-ring (bicyclic) bond motifs is 3. The number of rotatable bonds is 7. The first-order chi connectivity index (χ1) is 16.6. The fourth-order valence-corrected chi connectivity index (χ4v) is 4.73. The van der Waals surface area contributed by atoms with E-state index in [1.807, 2.05) is 46.9 Å². The van der Waals surface area contributed by atoms with Gasteiger partial charge in [0.2, 0.25) is 5.78 Å². The fourth-order valence-electron chi connectivity index (χ4n) is 3.84. The molecule has 2 aromatic heterocycles. The molecule has 0 atom stereocenters. The van der Waals surface area contributed by atoms with Crippen LogP contribution in [0.5, 0.6) is 5.75 Å². The molecule has 0 N–H and O–H groups in total. The van der Waals surface area contributed by atoms with Gasteiger partial charge >= 0.3 is 0 Å². The van der Waals surface area contributed by atoms with Crippen molar-refractivity contribution in [1.29, 1.82) is 0 Å². The van der Waals surface area contributed by atoms with E-state index in [2.05, 4.69) is 10.2 Å². The molecule has 170 valence electrons. The zero-order valence-electron chi connectivity index (χ0n) is 18.1. The first kappa shape index (κ1) is 21.7. The molecule has 0 saturated heterocycles. The highest BCUT2D eigenvalue weighted by molar-refractivity contribution is 7.98. The Hall–Kier alpha value is -4.18. The second-order valence-electron chi connectivity index (χ2n) is 7.55. The predicted octanol–water partition coefficient (Wildman–Crippen LogP) is 4.30. The molecule has 0 radical (unpaired) electrons. The lowest BCUT2D eigenvalue weighted by atomic mass is 10.2. The number of aromatic nitrogens is 4. The molecule has 0 fully saturated rings. The van der Waals surface area contributed by atoms with Gasteiger partial charge in [0.05, 0.1) is 29.5 Å². The highest BCUT2D eigenvalue weighted by atomic mass is 32.2. The van der Waals surface area contributed by atoms with E-state index in [4.69, 9.17) is 4.74 Å². The summed E-state index contributed by atoms with van der Waals surface area (Å²) in [6.07, 6.45) is 0. The van der Waals surface area contributed by atoms with Crippen molar-refractivity contribution in [3.05, 3.63) is 104 Å². The van der Waals surface area contributed by atoms with Crippen LogP contribution in [-0.2, 0) is 12.3 Å². The van der Waals surface area contributed by atoms with Crippen molar-refractivity contribution in [1.82, 2.24) is 19.2 Å². The van der Waals surface area contributed by atoms with E-state index in [0.717, 1.165) is 16.6 Å². The molecule has 0 aliphatic carbocycles. The summed E-state index contributed by atoms with van der Waals surface area (Å²) in [6, 6.07) is 21.3. The number of para-hydroxylation sites is 2. The van der Waals surface area contributed by atoms with Gasteiger partial charge in [-0.05, 0) is 23.8 Å². The average Bonchev–Trinajstić information content (AvgIpc) is 3.29. The summed E-state index contributed by atoms with van der Waals surface area (Å²) in [6.45, 7) is 0.280. The lowest BCUT2D eigenvalue weighted by Crippen LogP contribution is -2.24. The summed E-state index contributed by atoms with van der Waals surface area (Å²) in [5, 5.41) is 20.8. The van der Waals surface area contributed by atoms with Gasteiger partial charge < -0.3 is 4.74 Å². The van der Waals surface area contributed by atoms with E-state index >= 15 is 0 Å². The van der Waals surface area contributed by atoms with Crippen molar-refractivity contribution in [3.8, 4) is 5.75 Å². The SMILES string of the molecule is COc1ccccc1Cn1c(=O)c2ccccc2n2c(SCc3ccc([N+](=O)[O-])cc3)nnc12. The highest BCUT2D eigenvalue weighted by Gasteiger charge is 2.18. The van der Waals surface area contributed by atoms with Crippen molar-refractivity contribution in [3.63, 3.8) is 0 Å². The molecule has 0 aliphatic heterocycles. The lowest BCUT2D eigenvalue weighted by molar-refractivity contribution is -0.384. The normalized spacial score (nSPS) is 11.2. The second kappa shape index (κ2) is 8.99. The molecule has 0 unspecified atom stereocenters. The van der Waals surface area contributed by atoms with Crippen molar-refractivity contribution < 1.29 is 9.66 Å². The largest absolute Gasteiger partial charge is 0.496 e. The number of non-ortho nitro benzene ring substituents is 1. The van der Waals surface area contributed by atoms with Crippen molar-refractivity contribution in [2.24, 2.45) is 0 Å². The summed E-state index contributed by atoms with van der Waals surface area (Å²) < 4.78 is 8.95. The Labute approximate surface area is 197 Å². The summed E-state index contributed by atoms with van der Waals surface area (Å²) >= 11 is 1.45. The summed E-state index contributed by atoms with van der Waals surface area (Å²) in [5.41, 5.74) is 2.38. The van der Waals surface area contributed by atoms with Crippen LogP contribution in [0.15, 0.2) is 82.7 Å². The number of benzene rings is 3. The Morgan fingerprint density at radius 1 is 1.00 bits per heavy atom. The molecule has 34 heavy (non-hydrogen) atoms. The number of nitro groups is 1. The maximum Gasteiger partial charge on any atom is 0.269 e. The quantitative estimate of drug-likeness (QED) is 0.197. The third-order valence-corrected chi connectivity index (χ3v) is 6.51. The van der Waals surface area contributed by atoms with E-state index in [0.29, 0.717) is 27.8 Å². The molecular formula is C24H19N5O4S. The molecule has 10 heteroatoms. The maximum absolute atomic E-state index is 13.4. The van der Waals surface area contributed by atoms with Gasteiger partial charge in [-0.15, -0.1) is 10.2 Å². The van der Waals surface area contributed by atoms with Gasteiger partial charge in [0.15, 0.2) is 5.16 Å². The van der Waals surface area contributed by atoms with Gasteiger partial charge in [-0.25, -0.2) is 0 Å². The minimum absolute atomic E-state index is 0.0491. The fraction of sp³-hybridized carbons (Fsp3) is 0.125. The van der Waals surface area contributed by atoms with Crippen molar-refractivity contribution in [2.75, 3.05) is 7.11 Å². The molecule has 0 bridgehead atoms. The summed E-state index contributed by atoms with van der Waals surface area (Å²) in [5.74, 6) is 1.66. The molecule has 0 saturated carbocycles. The van der Waals surface area contributed by atoms with E-state index in [-0.39, 0.29) is 17.8 Å². The third-order valence-electron chi connectivity index (χ3n) is 5.51. The minimum atomic E-state index is -0.421. The predicted molar refractivity (Wildman–Crippen MR) is 130 cm³/mol. The van der Waals surface area contributed by atoms with E-state index in [9.17, 15) is 14.9 Å². The van der Waals surface area contributed by atoms with Gasteiger partial charge in [0.1, 0.15) is 5.75 Å². The number of ether oxygens (including phenoxy) is 1. The van der Waals surface area contributed by atoms with Crippen LogP contribution in [0.4, 0.5) is 5.69 Å². The summed E-state index contributed by atoms with van der Waals surface area (Å²) in [7, 11) is 1.60. The number of nitrogens with zero attached hydrogens (tertiary/aromatic N) is 5. The van der Waals surface area contributed by atoms with Crippen LogP contribution < -0.4 is 10.3 Å². The van der Waals surface area contributed by atoms with E-state index < -0.39 is 4.92 Å². The number of methoxy groups -OCH3 is 1. The van der Waals surface area contributed by atoms with Crippen LogP contribution in [0.3, 0.4) is 0 Å². The Morgan fingerprint density at radius 3 is 2.50 bits per heavy atom. The zero-order chi connectivity index (χ0) is 23.7. The molecule has 0 amide bonds. The van der Waals surface area contributed by atoms with E-state index in [1.54, 1.807) is 29.9 Å². The van der Waals surface area contributed by atoms with Gasteiger partial charge in [-0.1, -0.05) is 54.2 Å². The molecular weight excluding hydrogens is 454 g/mol. The van der Waals surface area contributed by atoms with Crippen LogP contribution in [0, 0.1) is 10.1 Å². The third kappa shape index (κ3) is 3.88. The Kier molecular flexibility index (Phi) is 5.72.